The summed E-state index contributed by atoms with van der Waals surface area (Å²) in [4.78, 5) is 24.5. The predicted molar refractivity (Wildman–Crippen MR) is 152 cm³/mol. The molecule has 1 N–H and O–H groups in total. The van der Waals surface area contributed by atoms with Crippen LogP contribution < -0.4 is 9.62 Å². The first-order valence-electron chi connectivity index (χ1n) is 13.7. The van der Waals surface area contributed by atoms with Gasteiger partial charge in [0.05, 0.1) is 11.3 Å². The van der Waals surface area contributed by atoms with Crippen LogP contribution >= 0.6 is 0 Å². The molecule has 8 heteroatoms. The van der Waals surface area contributed by atoms with Gasteiger partial charge in [-0.1, -0.05) is 51.1 Å². The Balaban J connectivity index is 1.22. The van der Waals surface area contributed by atoms with Gasteiger partial charge in [0.25, 0.3) is 15.9 Å². The van der Waals surface area contributed by atoms with Gasteiger partial charge in [-0.2, -0.15) is 8.42 Å². The van der Waals surface area contributed by atoms with E-state index in [0.29, 0.717) is 29.5 Å². The molecule has 2 aromatic heterocycles. The van der Waals surface area contributed by atoms with Crippen molar-refractivity contribution in [1.82, 2.24) is 14.7 Å². The van der Waals surface area contributed by atoms with Crippen molar-refractivity contribution in [3.05, 3.63) is 88.8 Å². The SMILES string of the molecule is CC1CC(c2ncccc2C(=O)NS(=O)(=O)c2cccc(N3CCC4=C(Cc5ccccc54)C3)n2)C(C)(C)C1. The molecule has 1 aromatic carbocycles. The van der Waals surface area contributed by atoms with E-state index in [1.807, 2.05) is 6.07 Å². The van der Waals surface area contributed by atoms with Gasteiger partial charge >= 0.3 is 0 Å². The number of anilines is 1. The van der Waals surface area contributed by atoms with E-state index in [1.54, 1.807) is 24.4 Å². The number of hydrogen-bond donors (Lipinski definition) is 1. The summed E-state index contributed by atoms with van der Waals surface area (Å²) < 4.78 is 29.0. The van der Waals surface area contributed by atoms with E-state index in [4.69, 9.17) is 0 Å². The monoisotopic (exact) mass is 542 g/mol. The van der Waals surface area contributed by atoms with E-state index >= 15 is 0 Å². The van der Waals surface area contributed by atoms with Crippen LogP contribution in [0.15, 0.2) is 71.4 Å². The number of pyridine rings is 2. The third kappa shape index (κ3) is 4.75. The van der Waals surface area contributed by atoms with Gasteiger partial charge in [0, 0.05) is 25.2 Å². The molecule has 1 aliphatic heterocycles. The first kappa shape index (κ1) is 25.7. The molecule has 0 spiro atoms. The fourth-order valence-electron chi connectivity index (χ4n) is 6.88. The highest BCUT2D eigenvalue weighted by atomic mass is 32.2. The lowest BCUT2D eigenvalue weighted by Crippen LogP contribution is -2.34. The van der Waals surface area contributed by atoms with Gasteiger partial charge in [-0.05, 0) is 83.6 Å². The van der Waals surface area contributed by atoms with E-state index in [9.17, 15) is 13.2 Å². The molecule has 3 aliphatic rings. The maximum atomic E-state index is 13.4. The first-order chi connectivity index (χ1) is 18.6. The Morgan fingerprint density at radius 3 is 2.69 bits per heavy atom. The summed E-state index contributed by atoms with van der Waals surface area (Å²) in [6, 6.07) is 16.8. The Morgan fingerprint density at radius 2 is 1.90 bits per heavy atom. The lowest BCUT2D eigenvalue weighted by atomic mass is 9.78. The lowest BCUT2D eigenvalue weighted by Gasteiger charge is -2.30. The zero-order valence-electron chi connectivity index (χ0n) is 22.6. The molecule has 3 aromatic rings. The average molecular weight is 543 g/mol. The summed E-state index contributed by atoms with van der Waals surface area (Å²) in [7, 11) is -4.19. The largest absolute Gasteiger partial charge is 0.352 e. The van der Waals surface area contributed by atoms with E-state index < -0.39 is 15.9 Å². The lowest BCUT2D eigenvalue weighted by molar-refractivity contribution is 0.0978. The number of amides is 1. The molecular formula is C31H34N4O3S. The third-order valence-corrected chi connectivity index (χ3v) is 9.82. The van der Waals surface area contributed by atoms with Gasteiger partial charge in [0.15, 0.2) is 5.03 Å². The minimum Gasteiger partial charge on any atom is -0.352 e. The van der Waals surface area contributed by atoms with E-state index in [1.165, 1.54) is 28.3 Å². The number of benzene rings is 1. The van der Waals surface area contributed by atoms with Crippen LogP contribution in [0.1, 0.15) is 73.1 Å². The van der Waals surface area contributed by atoms with Crippen LogP contribution in [0.2, 0.25) is 0 Å². The van der Waals surface area contributed by atoms with Crippen molar-refractivity contribution >= 4 is 27.3 Å². The molecule has 2 unspecified atom stereocenters. The van der Waals surface area contributed by atoms with E-state index in [0.717, 1.165) is 32.2 Å². The van der Waals surface area contributed by atoms with Crippen LogP contribution in [0.4, 0.5) is 5.82 Å². The quantitative estimate of drug-likeness (QED) is 0.467. The topological polar surface area (TPSA) is 92.3 Å². The number of fused-ring (bicyclic) bond motifs is 2. The standard InChI is InChI=1S/C31H34N4O3S/c1-20-16-26(31(2,3)18-20)29-25(10-7-14-32-29)30(36)34-39(37,38)28-12-6-11-27(33-28)35-15-13-24-22(19-35)17-21-8-4-5-9-23(21)24/h4-12,14,20,26H,13,15-19H2,1-3H3,(H,34,36). The second-order valence-electron chi connectivity index (χ2n) is 11.9. The van der Waals surface area contributed by atoms with Crippen LogP contribution in [0.5, 0.6) is 0 Å². The van der Waals surface area contributed by atoms with E-state index in [2.05, 4.69) is 64.6 Å². The Bertz CT molecular complexity index is 1590. The fraction of sp³-hybridized carbons (Fsp3) is 0.387. The molecule has 0 saturated heterocycles. The number of nitrogens with zero attached hydrogens (tertiary/aromatic N) is 3. The van der Waals surface area contributed by atoms with Crippen molar-refractivity contribution < 1.29 is 13.2 Å². The van der Waals surface area contributed by atoms with Crippen LogP contribution in [0.3, 0.4) is 0 Å². The molecule has 3 heterocycles. The minimum atomic E-state index is -4.19. The van der Waals surface area contributed by atoms with Crippen molar-refractivity contribution in [3.63, 3.8) is 0 Å². The van der Waals surface area contributed by atoms with Crippen LogP contribution in [0, 0.1) is 11.3 Å². The number of carbonyl (C=O) groups excluding carboxylic acids is 1. The van der Waals surface area contributed by atoms with Gasteiger partial charge in [-0.25, -0.2) is 9.71 Å². The molecule has 2 aliphatic carbocycles. The molecule has 2 atom stereocenters. The van der Waals surface area contributed by atoms with E-state index in [-0.39, 0.29) is 16.4 Å². The smallest absolute Gasteiger partial charge is 0.281 e. The summed E-state index contributed by atoms with van der Waals surface area (Å²) in [5, 5.41) is -0.164. The maximum Gasteiger partial charge on any atom is 0.281 e. The summed E-state index contributed by atoms with van der Waals surface area (Å²) in [6.07, 6.45) is 5.43. The molecule has 1 saturated carbocycles. The second kappa shape index (κ2) is 9.59. The minimum absolute atomic E-state index is 0.0258. The Labute approximate surface area is 230 Å². The number of sulfonamides is 1. The van der Waals surface area contributed by atoms with Gasteiger partial charge in [-0.3, -0.25) is 9.78 Å². The maximum absolute atomic E-state index is 13.4. The number of nitrogens with one attached hydrogen (secondary N) is 1. The fourth-order valence-corrected chi connectivity index (χ4v) is 7.81. The molecular weight excluding hydrogens is 508 g/mol. The molecule has 0 bridgehead atoms. The molecule has 7 nitrogen and oxygen atoms in total. The highest BCUT2D eigenvalue weighted by molar-refractivity contribution is 7.90. The van der Waals surface area contributed by atoms with Gasteiger partial charge in [0.1, 0.15) is 5.82 Å². The number of rotatable bonds is 5. The van der Waals surface area contributed by atoms with Crippen LogP contribution in [-0.2, 0) is 16.4 Å². The summed E-state index contributed by atoms with van der Waals surface area (Å²) in [6.45, 7) is 8.05. The van der Waals surface area contributed by atoms with Crippen LogP contribution in [0.25, 0.3) is 5.57 Å². The third-order valence-electron chi connectivity index (χ3n) is 8.59. The zero-order valence-corrected chi connectivity index (χ0v) is 23.5. The Morgan fingerprint density at radius 1 is 1.08 bits per heavy atom. The zero-order chi connectivity index (χ0) is 27.4. The number of aromatic nitrogens is 2. The molecule has 1 amide bonds. The highest BCUT2D eigenvalue weighted by Crippen LogP contribution is 2.51. The van der Waals surface area contributed by atoms with Crippen molar-refractivity contribution in [2.24, 2.45) is 11.3 Å². The van der Waals surface area contributed by atoms with Crippen molar-refractivity contribution in [2.45, 2.75) is 57.4 Å². The molecule has 6 rings (SSSR count). The molecule has 1 fully saturated rings. The summed E-state index contributed by atoms with van der Waals surface area (Å²) >= 11 is 0. The Kier molecular flexibility index (Phi) is 6.33. The average Bonchev–Trinajstić information content (AvgIpc) is 3.42. The highest BCUT2D eigenvalue weighted by Gasteiger charge is 2.42. The summed E-state index contributed by atoms with van der Waals surface area (Å²) in [5.41, 5.74) is 6.40. The van der Waals surface area contributed by atoms with Crippen molar-refractivity contribution in [3.8, 4) is 0 Å². The molecule has 0 radical (unpaired) electrons. The molecule has 39 heavy (non-hydrogen) atoms. The van der Waals surface area contributed by atoms with Gasteiger partial charge in [-0.15, -0.1) is 0 Å². The predicted octanol–water partition coefficient (Wildman–Crippen LogP) is 5.36. The first-order valence-corrected chi connectivity index (χ1v) is 15.1. The number of carbonyl (C=O) groups is 1. The van der Waals surface area contributed by atoms with Gasteiger partial charge in [0.2, 0.25) is 0 Å². The van der Waals surface area contributed by atoms with Crippen molar-refractivity contribution in [2.75, 3.05) is 18.0 Å². The summed E-state index contributed by atoms with van der Waals surface area (Å²) in [5.74, 6) is 0.519. The van der Waals surface area contributed by atoms with Crippen LogP contribution in [-0.4, -0.2) is 37.4 Å². The van der Waals surface area contributed by atoms with Crippen molar-refractivity contribution in [1.29, 1.82) is 0 Å². The van der Waals surface area contributed by atoms with Gasteiger partial charge < -0.3 is 4.90 Å². The second-order valence-corrected chi connectivity index (χ2v) is 13.5. The number of hydrogen-bond acceptors (Lipinski definition) is 6. The normalized spacial score (nSPS) is 22.0. The Hall–Kier alpha value is -3.52. The molecule has 202 valence electrons.